The number of rotatable bonds is 3. The van der Waals surface area contributed by atoms with E-state index in [4.69, 9.17) is 5.26 Å². The van der Waals surface area contributed by atoms with Crippen LogP contribution < -0.4 is 10.6 Å². The van der Waals surface area contributed by atoms with E-state index in [2.05, 4.69) is 16.7 Å². The molecule has 0 fully saturated rings. The zero-order valence-corrected chi connectivity index (χ0v) is 10.6. The van der Waals surface area contributed by atoms with Gasteiger partial charge in [-0.05, 0) is 38.5 Å². The zero-order valence-electron chi connectivity index (χ0n) is 10.6. The van der Waals surface area contributed by atoms with Gasteiger partial charge in [-0.2, -0.15) is 5.26 Å². The molecule has 17 heavy (non-hydrogen) atoms. The summed E-state index contributed by atoms with van der Waals surface area (Å²) in [5, 5.41) is 14.7. The van der Waals surface area contributed by atoms with Crippen molar-refractivity contribution in [3.05, 3.63) is 28.8 Å². The van der Waals surface area contributed by atoms with Gasteiger partial charge in [0.1, 0.15) is 0 Å². The van der Waals surface area contributed by atoms with E-state index in [1.807, 2.05) is 20.8 Å². The lowest BCUT2D eigenvalue weighted by molar-refractivity contribution is 0.0944. The molecule has 0 saturated carbocycles. The Morgan fingerprint density at radius 2 is 2.06 bits per heavy atom. The minimum absolute atomic E-state index is 0.0678. The van der Waals surface area contributed by atoms with Gasteiger partial charge in [-0.1, -0.05) is 0 Å². The van der Waals surface area contributed by atoms with Crippen LogP contribution in [0.3, 0.4) is 0 Å². The third-order valence-electron chi connectivity index (χ3n) is 2.38. The van der Waals surface area contributed by atoms with E-state index in [-0.39, 0.29) is 11.9 Å². The van der Waals surface area contributed by atoms with Crippen molar-refractivity contribution in [3.8, 4) is 6.07 Å². The summed E-state index contributed by atoms with van der Waals surface area (Å²) in [4.78, 5) is 12.0. The minimum Gasteiger partial charge on any atom is -0.387 e. The summed E-state index contributed by atoms with van der Waals surface area (Å²) < 4.78 is 0. The molecular formula is C13H17N3O. The molecule has 90 valence electrons. The topological polar surface area (TPSA) is 64.9 Å². The van der Waals surface area contributed by atoms with Crippen molar-refractivity contribution in [2.75, 3.05) is 12.4 Å². The Bertz CT molecular complexity index is 472. The molecule has 0 heterocycles. The molecule has 0 saturated heterocycles. The summed E-state index contributed by atoms with van der Waals surface area (Å²) in [5.74, 6) is -0.162. The van der Waals surface area contributed by atoms with E-state index in [0.717, 1.165) is 11.3 Å². The summed E-state index contributed by atoms with van der Waals surface area (Å²) in [6, 6.07) is 5.50. The third kappa shape index (κ3) is 2.97. The molecule has 2 N–H and O–H groups in total. The lowest BCUT2D eigenvalue weighted by atomic mass is 10.0. The van der Waals surface area contributed by atoms with Gasteiger partial charge in [0.25, 0.3) is 5.91 Å². The molecule has 4 nitrogen and oxygen atoms in total. The van der Waals surface area contributed by atoms with Crippen LogP contribution in [0.5, 0.6) is 0 Å². The van der Waals surface area contributed by atoms with Crippen LogP contribution in [0.25, 0.3) is 0 Å². The molecule has 1 aromatic rings. The maximum absolute atomic E-state index is 12.0. The number of carbonyl (C=O) groups excluding carboxylic acids is 1. The van der Waals surface area contributed by atoms with E-state index in [0.29, 0.717) is 11.1 Å². The van der Waals surface area contributed by atoms with Crippen LogP contribution in [-0.4, -0.2) is 19.0 Å². The summed E-state index contributed by atoms with van der Waals surface area (Å²) >= 11 is 0. The number of hydrogen-bond donors (Lipinski definition) is 2. The Hall–Kier alpha value is -2.02. The Kier molecular flexibility index (Phi) is 4.11. The number of nitriles is 1. The number of aryl methyl sites for hydroxylation is 1. The van der Waals surface area contributed by atoms with Crippen LogP contribution in [0.2, 0.25) is 0 Å². The number of nitrogens with one attached hydrogen (secondary N) is 2. The number of benzene rings is 1. The van der Waals surface area contributed by atoms with E-state index in [1.165, 1.54) is 0 Å². The molecule has 1 rings (SSSR count). The summed E-state index contributed by atoms with van der Waals surface area (Å²) in [6.45, 7) is 5.68. The maximum Gasteiger partial charge on any atom is 0.253 e. The number of amides is 1. The van der Waals surface area contributed by atoms with Gasteiger partial charge >= 0.3 is 0 Å². The third-order valence-corrected chi connectivity index (χ3v) is 2.38. The van der Waals surface area contributed by atoms with Crippen LogP contribution in [0.15, 0.2) is 12.1 Å². The molecule has 0 bridgehead atoms. The zero-order chi connectivity index (χ0) is 13.0. The largest absolute Gasteiger partial charge is 0.387 e. The van der Waals surface area contributed by atoms with Crippen molar-refractivity contribution in [3.63, 3.8) is 0 Å². The predicted molar refractivity (Wildman–Crippen MR) is 68.0 cm³/mol. The van der Waals surface area contributed by atoms with Crippen LogP contribution in [0.4, 0.5) is 5.69 Å². The van der Waals surface area contributed by atoms with Crippen LogP contribution in [0, 0.1) is 18.3 Å². The first-order valence-corrected chi connectivity index (χ1v) is 5.53. The highest BCUT2D eigenvalue weighted by Crippen LogP contribution is 2.22. The SMILES string of the molecule is CNc1c(C)cc(C#N)cc1C(=O)NC(C)C. The van der Waals surface area contributed by atoms with E-state index >= 15 is 0 Å². The second kappa shape index (κ2) is 5.35. The van der Waals surface area contributed by atoms with Crippen LogP contribution in [0.1, 0.15) is 35.3 Å². The first-order valence-electron chi connectivity index (χ1n) is 5.53. The fraction of sp³-hybridized carbons (Fsp3) is 0.385. The highest BCUT2D eigenvalue weighted by atomic mass is 16.1. The van der Waals surface area contributed by atoms with Gasteiger partial charge < -0.3 is 10.6 Å². The van der Waals surface area contributed by atoms with Crippen molar-refractivity contribution in [1.82, 2.24) is 5.32 Å². The normalized spacial score (nSPS) is 9.88. The lowest BCUT2D eigenvalue weighted by Crippen LogP contribution is -2.30. The number of hydrogen-bond acceptors (Lipinski definition) is 3. The number of carbonyl (C=O) groups is 1. The van der Waals surface area contributed by atoms with Gasteiger partial charge in [0.2, 0.25) is 0 Å². The molecular weight excluding hydrogens is 214 g/mol. The molecule has 4 heteroatoms. The van der Waals surface area contributed by atoms with Gasteiger partial charge in [-0.3, -0.25) is 4.79 Å². The highest BCUT2D eigenvalue weighted by Gasteiger charge is 2.14. The molecule has 0 atom stereocenters. The number of nitrogens with zero attached hydrogens (tertiary/aromatic N) is 1. The van der Waals surface area contributed by atoms with Crippen molar-refractivity contribution in [2.24, 2.45) is 0 Å². The smallest absolute Gasteiger partial charge is 0.253 e. The standard InChI is InChI=1S/C13H17N3O/c1-8(2)16-13(17)11-6-10(7-14)5-9(3)12(11)15-4/h5-6,8,15H,1-4H3,(H,16,17). The first-order chi connectivity index (χ1) is 7.99. The summed E-state index contributed by atoms with van der Waals surface area (Å²) in [7, 11) is 1.76. The van der Waals surface area contributed by atoms with Crippen molar-refractivity contribution >= 4 is 11.6 Å². The predicted octanol–water partition coefficient (Wildman–Crippen LogP) is 2.05. The Morgan fingerprint density at radius 1 is 1.41 bits per heavy atom. The fourth-order valence-electron chi connectivity index (χ4n) is 1.70. The van der Waals surface area contributed by atoms with Gasteiger partial charge in [0.15, 0.2) is 0 Å². The quantitative estimate of drug-likeness (QED) is 0.836. The van der Waals surface area contributed by atoms with Crippen LogP contribution >= 0.6 is 0 Å². The average Bonchev–Trinajstić information content (AvgIpc) is 2.26. The maximum atomic E-state index is 12.0. The minimum atomic E-state index is -0.162. The first kappa shape index (κ1) is 13.0. The highest BCUT2D eigenvalue weighted by molar-refractivity contribution is 6.00. The average molecular weight is 231 g/mol. The van der Waals surface area contributed by atoms with E-state index < -0.39 is 0 Å². The molecule has 0 aliphatic rings. The summed E-state index contributed by atoms with van der Waals surface area (Å²) in [6.07, 6.45) is 0. The molecule has 0 aliphatic heterocycles. The van der Waals surface area contributed by atoms with Crippen molar-refractivity contribution in [1.29, 1.82) is 5.26 Å². The molecule has 1 aromatic carbocycles. The fourth-order valence-corrected chi connectivity index (χ4v) is 1.70. The molecule has 0 spiro atoms. The molecule has 0 radical (unpaired) electrons. The van der Waals surface area contributed by atoms with Crippen molar-refractivity contribution < 1.29 is 4.79 Å². The molecule has 0 unspecified atom stereocenters. The Balaban J connectivity index is 3.25. The molecule has 1 amide bonds. The van der Waals surface area contributed by atoms with Gasteiger partial charge in [-0.15, -0.1) is 0 Å². The van der Waals surface area contributed by atoms with Gasteiger partial charge in [0, 0.05) is 18.8 Å². The second-order valence-corrected chi connectivity index (χ2v) is 4.21. The summed E-state index contributed by atoms with van der Waals surface area (Å²) in [5.41, 5.74) is 2.66. The van der Waals surface area contributed by atoms with Gasteiger partial charge in [-0.25, -0.2) is 0 Å². The number of anilines is 1. The monoisotopic (exact) mass is 231 g/mol. The molecule has 0 aliphatic carbocycles. The Labute approximate surface area is 102 Å². The van der Waals surface area contributed by atoms with Crippen LogP contribution in [-0.2, 0) is 0 Å². The van der Waals surface area contributed by atoms with E-state index in [1.54, 1.807) is 19.2 Å². The lowest BCUT2D eigenvalue weighted by Gasteiger charge is -2.14. The Morgan fingerprint density at radius 3 is 2.53 bits per heavy atom. The molecule has 0 aromatic heterocycles. The van der Waals surface area contributed by atoms with Gasteiger partial charge in [0.05, 0.1) is 17.2 Å². The van der Waals surface area contributed by atoms with Crippen molar-refractivity contribution in [2.45, 2.75) is 26.8 Å². The second-order valence-electron chi connectivity index (χ2n) is 4.21. The van der Waals surface area contributed by atoms with E-state index in [9.17, 15) is 4.79 Å².